The summed E-state index contributed by atoms with van der Waals surface area (Å²) < 4.78 is 38.9. The lowest BCUT2D eigenvalue weighted by atomic mass is 10.1. The van der Waals surface area contributed by atoms with Gasteiger partial charge in [-0.05, 0) is 43.2 Å². The summed E-state index contributed by atoms with van der Waals surface area (Å²) in [5.74, 6) is -1.66. The quantitative estimate of drug-likeness (QED) is 0.384. The monoisotopic (exact) mass is 512 g/mol. The summed E-state index contributed by atoms with van der Waals surface area (Å²) in [7, 11) is -3.03. The fourth-order valence-electron chi connectivity index (χ4n) is 3.55. The largest absolute Gasteiger partial charge is 0.468 e. The molecule has 0 bridgehead atoms. The molecule has 1 aromatic heterocycles. The number of nitrogens with zero attached hydrogens (tertiary/aromatic N) is 2. The number of rotatable bonds is 10. The van der Waals surface area contributed by atoms with Crippen molar-refractivity contribution in [3.05, 3.63) is 99.5 Å². The third-order valence-electron chi connectivity index (χ3n) is 5.47. The topological polar surface area (TPSA) is 112 Å². The number of benzene rings is 2. The van der Waals surface area contributed by atoms with E-state index in [2.05, 4.69) is 0 Å². The van der Waals surface area contributed by atoms with Crippen molar-refractivity contribution in [3.8, 4) is 0 Å². The minimum Gasteiger partial charge on any atom is -0.468 e. The molecule has 36 heavy (non-hydrogen) atoms. The highest BCUT2D eigenvalue weighted by Crippen LogP contribution is 2.20. The Hall–Kier alpha value is -3.76. The first-order valence-corrected chi connectivity index (χ1v) is 12.7. The summed E-state index contributed by atoms with van der Waals surface area (Å²) in [5.41, 5.74) is 0.906. The van der Waals surface area contributed by atoms with Gasteiger partial charge in [0.1, 0.15) is 12.1 Å². The molecule has 0 fully saturated rings. The molecular weight excluding hydrogens is 484 g/mol. The summed E-state index contributed by atoms with van der Waals surface area (Å²) in [6.45, 7) is 2.63. The molecule has 0 spiro atoms. The average molecular weight is 513 g/mol. The zero-order chi connectivity index (χ0) is 26.3. The van der Waals surface area contributed by atoms with Gasteiger partial charge in [0, 0.05) is 12.7 Å². The second kappa shape index (κ2) is 11.8. The number of pyridine rings is 1. The van der Waals surface area contributed by atoms with Crippen molar-refractivity contribution < 1.29 is 27.5 Å². The summed E-state index contributed by atoms with van der Waals surface area (Å²) in [6.07, 6.45) is 1.49. The van der Waals surface area contributed by atoms with Crippen LogP contribution in [0.25, 0.3) is 0 Å². The molecule has 0 unspecified atom stereocenters. The van der Waals surface area contributed by atoms with Gasteiger partial charge in [0.15, 0.2) is 0 Å². The van der Waals surface area contributed by atoms with Crippen molar-refractivity contribution in [2.75, 3.05) is 20.3 Å². The fourth-order valence-corrected chi connectivity index (χ4v) is 4.92. The molecule has 0 N–H and O–H groups in total. The Labute approximate surface area is 209 Å². The number of aryl methyl sites for hydroxylation is 1. The molecule has 190 valence electrons. The number of hydrogen-bond acceptors (Lipinski definition) is 7. The highest BCUT2D eigenvalue weighted by atomic mass is 32.2. The van der Waals surface area contributed by atoms with E-state index in [1.54, 1.807) is 19.1 Å². The number of esters is 2. The van der Waals surface area contributed by atoms with Crippen LogP contribution in [-0.2, 0) is 37.4 Å². The van der Waals surface area contributed by atoms with E-state index in [0.717, 1.165) is 22.5 Å². The first-order chi connectivity index (χ1) is 17.2. The van der Waals surface area contributed by atoms with Crippen molar-refractivity contribution in [1.29, 1.82) is 0 Å². The van der Waals surface area contributed by atoms with E-state index in [1.807, 2.05) is 37.3 Å². The van der Waals surface area contributed by atoms with Gasteiger partial charge in [-0.15, -0.1) is 0 Å². The average Bonchev–Trinajstić information content (AvgIpc) is 2.86. The van der Waals surface area contributed by atoms with Crippen molar-refractivity contribution in [1.82, 2.24) is 8.87 Å². The first-order valence-electron chi connectivity index (χ1n) is 11.2. The maximum Gasteiger partial charge on any atom is 0.344 e. The van der Waals surface area contributed by atoms with Gasteiger partial charge >= 0.3 is 11.9 Å². The predicted octanol–water partition coefficient (Wildman–Crippen LogP) is 2.75. The molecule has 9 nitrogen and oxygen atoms in total. The van der Waals surface area contributed by atoms with E-state index in [4.69, 9.17) is 9.47 Å². The van der Waals surface area contributed by atoms with Gasteiger partial charge in [0.25, 0.3) is 5.56 Å². The molecule has 1 heterocycles. The summed E-state index contributed by atoms with van der Waals surface area (Å²) >= 11 is 0. The van der Waals surface area contributed by atoms with Gasteiger partial charge < -0.3 is 14.0 Å². The molecule has 0 atom stereocenters. The molecule has 0 radical (unpaired) electrons. The Bertz CT molecular complexity index is 1380. The SMILES string of the molecule is CCOC(=O)c1c(CN(CC(=O)OC)S(=O)(=O)c2ccc(C)cc2)ccn(Cc2ccccc2)c1=O. The minimum atomic E-state index is -4.18. The number of carbonyl (C=O) groups is 2. The van der Waals surface area contributed by atoms with E-state index in [9.17, 15) is 22.8 Å². The lowest BCUT2D eigenvalue weighted by Gasteiger charge is -2.22. The zero-order valence-corrected chi connectivity index (χ0v) is 21.2. The molecule has 0 saturated heterocycles. The van der Waals surface area contributed by atoms with Gasteiger partial charge in [-0.2, -0.15) is 4.31 Å². The number of ether oxygens (including phenoxy) is 2. The van der Waals surface area contributed by atoms with E-state index in [1.165, 1.54) is 29.0 Å². The van der Waals surface area contributed by atoms with E-state index < -0.39 is 40.6 Å². The Kier molecular flexibility index (Phi) is 8.78. The van der Waals surface area contributed by atoms with Crippen LogP contribution in [-0.4, -0.2) is 49.5 Å². The molecule has 2 aromatic carbocycles. The zero-order valence-electron chi connectivity index (χ0n) is 20.3. The smallest absolute Gasteiger partial charge is 0.344 e. The van der Waals surface area contributed by atoms with Crippen LogP contribution in [0.15, 0.2) is 76.6 Å². The third-order valence-corrected chi connectivity index (χ3v) is 7.27. The van der Waals surface area contributed by atoms with Gasteiger partial charge in [-0.25, -0.2) is 13.2 Å². The van der Waals surface area contributed by atoms with Crippen LogP contribution >= 0.6 is 0 Å². The molecule has 0 amide bonds. The van der Waals surface area contributed by atoms with Crippen LogP contribution in [0.4, 0.5) is 0 Å². The van der Waals surface area contributed by atoms with Crippen molar-refractivity contribution >= 4 is 22.0 Å². The standard InChI is InChI=1S/C26H28N2O7S/c1-4-35-26(31)24-21(14-15-27(25(24)30)16-20-8-6-5-7-9-20)17-28(18-23(29)34-3)36(32,33)22-12-10-19(2)11-13-22/h5-15H,4,16-18H2,1-3H3. The van der Waals surface area contributed by atoms with E-state index in [0.29, 0.717) is 0 Å². The van der Waals surface area contributed by atoms with Crippen LogP contribution in [0.3, 0.4) is 0 Å². The van der Waals surface area contributed by atoms with Gasteiger partial charge in [0.2, 0.25) is 10.0 Å². The normalized spacial score (nSPS) is 11.3. The van der Waals surface area contributed by atoms with Crippen LogP contribution < -0.4 is 5.56 Å². The van der Waals surface area contributed by atoms with Crippen molar-refractivity contribution in [2.45, 2.75) is 31.8 Å². The molecule has 0 aliphatic heterocycles. The van der Waals surface area contributed by atoms with Crippen LogP contribution in [0, 0.1) is 6.92 Å². The summed E-state index contributed by atoms with van der Waals surface area (Å²) in [5, 5.41) is 0. The second-order valence-electron chi connectivity index (χ2n) is 8.02. The minimum absolute atomic E-state index is 0.0266. The fraction of sp³-hybridized carbons (Fsp3) is 0.269. The number of sulfonamides is 1. The molecule has 0 aliphatic carbocycles. The lowest BCUT2D eigenvalue weighted by molar-refractivity contribution is -0.140. The number of hydrogen-bond donors (Lipinski definition) is 0. The predicted molar refractivity (Wildman–Crippen MR) is 133 cm³/mol. The first kappa shape index (κ1) is 26.8. The molecule has 0 saturated carbocycles. The molecule has 10 heteroatoms. The molecular formula is C26H28N2O7S. The Morgan fingerprint density at radius 3 is 2.28 bits per heavy atom. The van der Waals surface area contributed by atoms with Gasteiger partial charge in [0.05, 0.1) is 25.2 Å². The number of methoxy groups -OCH3 is 1. The second-order valence-corrected chi connectivity index (χ2v) is 9.96. The molecule has 0 aliphatic rings. The Balaban J connectivity index is 2.08. The maximum atomic E-state index is 13.4. The molecule has 3 aromatic rings. The van der Waals surface area contributed by atoms with Gasteiger partial charge in [-0.1, -0.05) is 48.0 Å². The van der Waals surface area contributed by atoms with Crippen LogP contribution in [0.2, 0.25) is 0 Å². The van der Waals surface area contributed by atoms with Crippen molar-refractivity contribution in [2.24, 2.45) is 0 Å². The van der Waals surface area contributed by atoms with Crippen LogP contribution in [0.1, 0.15) is 34.0 Å². The maximum absolute atomic E-state index is 13.4. The Morgan fingerprint density at radius 1 is 1.00 bits per heavy atom. The van der Waals surface area contributed by atoms with Gasteiger partial charge in [-0.3, -0.25) is 9.59 Å². The van der Waals surface area contributed by atoms with E-state index in [-0.39, 0.29) is 29.2 Å². The highest BCUT2D eigenvalue weighted by molar-refractivity contribution is 7.89. The lowest BCUT2D eigenvalue weighted by Crippen LogP contribution is -2.38. The Morgan fingerprint density at radius 2 is 1.67 bits per heavy atom. The van der Waals surface area contributed by atoms with Crippen molar-refractivity contribution in [3.63, 3.8) is 0 Å². The summed E-state index contributed by atoms with van der Waals surface area (Å²) in [6, 6.07) is 16.8. The third kappa shape index (κ3) is 6.27. The molecule has 3 rings (SSSR count). The number of aromatic nitrogens is 1. The van der Waals surface area contributed by atoms with Crippen LogP contribution in [0.5, 0.6) is 0 Å². The number of carbonyl (C=O) groups excluding carboxylic acids is 2. The van der Waals surface area contributed by atoms with E-state index >= 15 is 0 Å². The highest BCUT2D eigenvalue weighted by Gasteiger charge is 2.30. The summed E-state index contributed by atoms with van der Waals surface area (Å²) in [4.78, 5) is 38.2.